The van der Waals surface area contributed by atoms with Crippen molar-refractivity contribution in [1.82, 2.24) is 10.2 Å². The lowest BCUT2D eigenvalue weighted by Gasteiger charge is -2.53. The highest BCUT2D eigenvalue weighted by molar-refractivity contribution is 5.89. The fraction of sp³-hybridized carbons (Fsp3) is 0.864. The van der Waals surface area contributed by atoms with Gasteiger partial charge in [0.15, 0.2) is 0 Å². The minimum absolute atomic E-state index is 0.152. The molecule has 4 fully saturated rings. The van der Waals surface area contributed by atoms with Crippen molar-refractivity contribution in [2.45, 2.75) is 69.4 Å². The largest absolute Gasteiger partial charge is 0.497 e. The van der Waals surface area contributed by atoms with Gasteiger partial charge in [0.05, 0.1) is 31.2 Å². The van der Waals surface area contributed by atoms with Gasteiger partial charge in [0.25, 0.3) is 0 Å². The van der Waals surface area contributed by atoms with Crippen LogP contribution < -0.4 is 5.32 Å². The third kappa shape index (κ3) is 2.91. The van der Waals surface area contributed by atoms with Crippen LogP contribution in [0.3, 0.4) is 0 Å². The van der Waals surface area contributed by atoms with Crippen LogP contribution >= 0.6 is 0 Å². The van der Waals surface area contributed by atoms with Crippen molar-refractivity contribution >= 4 is 5.97 Å². The Kier molecular flexibility index (Phi) is 4.92. The number of esters is 1. The van der Waals surface area contributed by atoms with Crippen LogP contribution in [0.15, 0.2) is 11.8 Å². The average molecular weight is 391 g/mol. The molecule has 0 aromatic carbocycles. The summed E-state index contributed by atoms with van der Waals surface area (Å²) in [4.78, 5) is 15.1. The first kappa shape index (κ1) is 18.9. The van der Waals surface area contributed by atoms with Crippen LogP contribution in [0, 0.1) is 23.7 Å². The highest BCUT2D eigenvalue weighted by Gasteiger charge is 2.55. The number of fused-ring (bicyclic) bond motifs is 6. The van der Waals surface area contributed by atoms with E-state index in [9.17, 15) is 4.79 Å². The normalized spacial score (nSPS) is 47.7. The second-order valence-corrected chi connectivity index (χ2v) is 9.56. The summed E-state index contributed by atoms with van der Waals surface area (Å²) in [6.07, 6.45) is 8.19. The SMILES string of the molecule is COC(=O)C1=CO[C@H](C)[C@H]2CN3CCC4C5CCC(OC)CC5NC4C3C[C@H]12. The van der Waals surface area contributed by atoms with Crippen LogP contribution in [0.1, 0.15) is 39.0 Å². The van der Waals surface area contributed by atoms with Gasteiger partial charge in [-0.1, -0.05) is 0 Å². The molecule has 0 spiro atoms. The van der Waals surface area contributed by atoms with Gasteiger partial charge in [-0.2, -0.15) is 0 Å². The van der Waals surface area contributed by atoms with E-state index in [1.54, 1.807) is 6.26 Å². The van der Waals surface area contributed by atoms with Gasteiger partial charge in [-0.25, -0.2) is 4.79 Å². The summed E-state index contributed by atoms with van der Waals surface area (Å²) in [7, 11) is 3.32. The Labute approximate surface area is 167 Å². The molecule has 1 saturated carbocycles. The Morgan fingerprint density at radius 1 is 1.18 bits per heavy atom. The Morgan fingerprint density at radius 3 is 2.82 bits per heavy atom. The van der Waals surface area contributed by atoms with E-state index in [-0.39, 0.29) is 18.0 Å². The van der Waals surface area contributed by atoms with Crippen LogP contribution in [0.4, 0.5) is 0 Å². The van der Waals surface area contributed by atoms with E-state index in [0.29, 0.717) is 30.1 Å². The molecule has 5 aliphatic rings. The maximum absolute atomic E-state index is 12.4. The van der Waals surface area contributed by atoms with Crippen molar-refractivity contribution in [3.05, 3.63) is 11.8 Å². The summed E-state index contributed by atoms with van der Waals surface area (Å²) < 4.78 is 16.6. The Morgan fingerprint density at radius 2 is 2.04 bits per heavy atom. The molecule has 4 heterocycles. The molecule has 0 amide bonds. The first-order valence-corrected chi connectivity index (χ1v) is 11.1. The standard InChI is InChI=1S/C22H34N2O4/c1-12-17-10-24-7-6-15-14-5-4-13(26-2)8-19(14)23-21(15)20(24)9-16(17)18(11-28-12)22(25)27-3/h11-17,19-21,23H,4-10H2,1-3H3/t12-,13?,14?,15?,16+,17-,19?,20?,21?/m1/s1. The Hall–Kier alpha value is -1.11. The van der Waals surface area contributed by atoms with Gasteiger partial charge in [0.1, 0.15) is 0 Å². The molecule has 0 aromatic rings. The Balaban J connectivity index is 1.38. The summed E-state index contributed by atoms with van der Waals surface area (Å²) in [6.45, 7) is 4.34. The van der Waals surface area contributed by atoms with E-state index in [4.69, 9.17) is 14.2 Å². The molecule has 0 aromatic heterocycles. The number of carbonyl (C=O) groups excluding carboxylic acids is 1. The number of ether oxygens (including phenoxy) is 3. The maximum Gasteiger partial charge on any atom is 0.337 e. The molecule has 156 valence electrons. The molecule has 5 rings (SSSR count). The number of piperidine rings is 2. The van der Waals surface area contributed by atoms with Gasteiger partial charge in [-0.3, -0.25) is 4.90 Å². The molecule has 6 heteroatoms. The minimum Gasteiger partial charge on any atom is -0.497 e. The molecular weight excluding hydrogens is 356 g/mol. The first-order valence-electron chi connectivity index (χ1n) is 11.1. The average Bonchev–Trinajstić information content (AvgIpc) is 3.10. The zero-order valence-corrected chi connectivity index (χ0v) is 17.3. The number of nitrogens with one attached hydrogen (secondary N) is 1. The fourth-order valence-corrected chi connectivity index (χ4v) is 7.08. The third-order valence-corrected chi connectivity index (χ3v) is 8.53. The lowest BCUT2D eigenvalue weighted by atomic mass is 9.67. The summed E-state index contributed by atoms with van der Waals surface area (Å²) in [5.41, 5.74) is 0.738. The second kappa shape index (κ2) is 7.29. The predicted octanol–water partition coefficient (Wildman–Crippen LogP) is 1.94. The summed E-state index contributed by atoms with van der Waals surface area (Å²) >= 11 is 0. The maximum atomic E-state index is 12.4. The van der Waals surface area contributed by atoms with E-state index < -0.39 is 0 Å². The minimum atomic E-state index is -0.223. The fourth-order valence-electron chi connectivity index (χ4n) is 7.08. The van der Waals surface area contributed by atoms with Crippen molar-refractivity contribution in [3.63, 3.8) is 0 Å². The van der Waals surface area contributed by atoms with Crippen molar-refractivity contribution in [2.75, 3.05) is 27.3 Å². The highest BCUT2D eigenvalue weighted by atomic mass is 16.5. The summed E-state index contributed by atoms with van der Waals surface area (Å²) in [6, 6.07) is 1.64. The topological polar surface area (TPSA) is 60.0 Å². The van der Waals surface area contributed by atoms with Crippen molar-refractivity contribution in [2.24, 2.45) is 23.7 Å². The smallest absolute Gasteiger partial charge is 0.337 e. The predicted molar refractivity (Wildman–Crippen MR) is 105 cm³/mol. The highest BCUT2D eigenvalue weighted by Crippen LogP contribution is 2.48. The lowest BCUT2D eigenvalue weighted by Crippen LogP contribution is -2.62. The monoisotopic (exact) mass is 390 g/mol. The second-order valence-electron chi connectivity index (χ2n) is 9.56. The first-order chi connectivity index (χ1) is 13.6. The number of hydrogen-bond acceptors (Lipinski definition) is 6. The van der Waals surface area contributed by atoms with Crippen molar-refractivity contribution in [3.8, 4) is 0 Å². The molecule has 4 aliphatic heterocycles. The number of methoxy groups -OCH3 is 2. The number of nitrogens with zero attached hydrogens (tertiary/aromatic N) is 1. The molecule has 1 N–H and O–H groups in total. The third-order valence-electron chi connectivity index (χ3n) is 8.53. The molecule has 28 heavy (non-hydrogen) atoms. The van der Waals surface area contributed by atoms with Gasteiger partial charge in [-0.05, 0) is 57.4 Å². The van der Waals surface area contributed by atoms with Crippen molar-refractivity contribution < 1.29 is 19.0 Å². The summed E-state index contributed by atoms with van der Waals surface area (Å²) in [5, 5.41) is 4.03. The molecule has 0 radical (unpaired) electrons. The molecule has 6 nitrogen and oxygen atoms in total. The molecule has 0 bridgehead atoms. The quantitative estimate of drug-likeness (QED) is 0.728. The van der Waals surface area contributed by atoms with Crippen LogP contribution in [0.25, 0.3) is 0 Å². The number of rotatable bonds is 2. The Bertz CT molecular complexity index is 652. The zero-order valence-electron chi connectivity index (χ0n) is 17.3. The van der Waals surface area contributed by atoms with Crippen molar-refractivity contribution in [1.29, 1.82) is 0 Å². The van der Waals surface area contributed by atoms with E-state index in [0.717, 1.165) is 36.8 Å². The van der Waals surface area contributed by atoms with E-state index in [2.05, 4.69) is 17.1 Å². The lowest BCUT2D eigenvalue weighted by molar-refractivity contribution is -0.139. The van der Waals surface area contributed by atoms with Crippen LogP contribution in [-0.4, -0.2) is 68.5 Å². The molecule has 6 unspecified atom stereocenters. The zero-order chi connectivity index (χ0) is 19.4. The molecule has 3 saturated heterocycles. The van der Waals surface area contributed by atoms with E-state index in [1.807, 2.05) is 7.11 Å². The van der Waals surface area contributed by atoms with Gasteiger partial charge in [-0.15, -0.1) is 0 Å². The van der Waals surface area contributed by atoms with E-state index >= 15 is 0 Å². The van der Waals surface area contributed by atoms with Crippen LogP contribution in [-0.2, 0) is 19.0 Å². The van der Waals surface area contributed by atoms with Gasteiger partial charge >= 0.3 is 5.97 Å². The van der Waals surface area contributed by atoms with Crippen LogP contribution in [0.2, 0.25) is 0 Å². The molecular formula is C22H34N2O4. The van der Waals surface area contributed by atoms with Gasteiger partial charge in [0.2, 0.25) is 0 Å². The molecule has 9 atom stereocenters. The molecule has 1 aliphatic carbocycles. The van der Waals surface area contributed by atoms with Gasteiger partial charge in [0, 0.05) is 43.6 Å². The number of hydrogen-bond donors (Lipinski definition) is 1. The number of carbonyl (C=O) groups is 1. The summed E-state index contributed by atoms with van der Waals surface area (Å²) in [5.74, 6) is 1.95. The van der Waals surface area contributed by atoms with E-state index in [1.165, 1.54) is 32.9 Å². The van der Waals surface area contributed by atoms with Gasteiger partial charge < -0.3 is 19.5 Å². The van der Waals surface area contributed by atoms with Crippen LogP contribution in [0.5, 0.6) is 0 Å².